The van der Waals surface area contributed by atoms with E-state index in [-0.39, 0.29) is 0 Å². The van der Waals surface area contributed by atoms with Crippen LogP contribution in [0, 0.1) is 5.92 Å². The zero-order chi connectivity index (χ0) is 18.5. The van der Waals surface area contributed by atoms with E-state index in [0.29, 0.717) is 11.7 Å². The van der Waals surface area contributed by atoms with Gasteiger partial charge in [0, 0.05) is 43.6 Å². The van der Waals surface area contributed by atoms with Crippen LogP contribution in [-0.4, -0.2) is 47.5 Å². The molecule has 1 fully saturated rings. The molecule has 0 bridgehead atoms. The van der Waals surface area contributed by atoms with Crippen LogP contribution in [0.25, 0.3) is 0 Å². The van der Waals surface area contributed by atoms with Crippen LogP contribution in [0.2, 0.25) is 0 Å². The lowest BCUT2D eigenvalue weighted by Gasteiger charge is -2.31. The topological polar surface area (TPSA) is 84.7 Å². The first kappa shape index (κ1) is 17.5. The Labute approximate surface area is 158 Å². The minimum absolute atomic E-state index is 0.655. The zero-order valence-electron chi connectivity index (χ0n) is 15.5. The molecule has 0 saturated carbocycles. The van der Waals surface area contributed by atoms with Gasteiger partial charge in [0.1, 0.15) is 23.8 Å². The fourth-order valence-electron chi connectivity index (χ4n) is 3.47. The summed E-state index contributed by atoms with van der Waals surface area (Å²) in [5.74, 6) is 3.23. The number of nitrogens with zero attached hydrogens (tertiary/aromatic N) is 7. The molecular weight excluding hydrogens is 340 g/mol. The fraction of sp³-hybridized carbons (Fsp3) is 0.421. The molecule has 8 heteroatoms. The largest absolute Gasteiger partial charge is 0.337 e. The molecule has 0 unspecified atom stereocenters. The molecule has 140 valence electrons. The number of imidazole rings is 1. The Morgan fingerprint density at radius 3 is 2.67 bits per heavy atom. The Bertz CT molecular complexity index is 855. The van der Waals surface area contributed by atoms with Crippen molar-refractivity contribution in [3.63, 3.8) is 0 Å². The van der Waals surface area contributed by atoms with Crippen LogP contribution >= 0.6 is 0 Å². The molecule has 1 aliphatic rings. The quantitative estimate of drug-likeness (QED) is 0.718. The molecule has 0 aromatic carbocycles. The highest BCUT2D eigenvalue weighted by Gasteiger charge is 2.21. The second-order valence-corrected chi connectivity index (χ2v) is 6.99. The summed E-state index contributed by atoms with van der Waals surface area (Å²) in [4.78, 5) is 23.9. The fourth-order valence-corrected chi connectivity index (χ4v) is 3.47. The molecule has 4 rings (SSSR count). The summed E-state index contributed by atoms with van der Waals surface area (Å²) in [6.07, 6.45) is 13.8. The number of nitrogens with one attached hydrogen (secondary N) is 1. The number of likely N-dealkylation sites (tertiary alicyclic amines) is 1. The lowest BCUT2D eigenvalue weighted by Crippen LogP contribution is -2.34. The molecule has 8 nitrogen and oxygen atoms in total. The Morgan fingerprint density at radius 1 is 1.04 bits per heavy atom. The first-order chi connectivity index (χ1) is 13.3. The highest BCUT2D eigenvalue weighted by molar-refractivity contribution is 5.49. The monoisotopic (exact) mass is 364 g/mol. The molecule has 0 amide bonds. The summed E-state index contributed by atoms with van der Waals surface area (Å²) in [6, 6.07) is 2.01. The maximum atomic E-state index is 4.45. The van der Waals surface area contributed by atoms with Crippen molar-refractivity contribution < 1.29 is 0 Å². The third-order valence-electron chi connectivity index (χ3n) is 5.03. The van der Waals surface area contributed by atoms with Crippen molar-refractivity contribution in [2.45, 2.75) is 25.8 Å². The number of rotatable bonds is 6. The van der Waals surface area contributed by atoms with Crippen LogP contribution in [0.1, 0.15) is 24.4 Å². The lowest BCUT2D eigenvalue weighted by atomic mass is 9.92. The average Bonchev–Trinajstić information content (AvgIpc) is 3.09. The van der Waals surface area contributed by atoms with Crippen LogP contribution in [0.5, 0.6) is 0 Å². The van der Waals surface area contributed by atoms with Crippen molar-refractivity contribution in [2.24, 2.45) is 13.0 Å². The van der Waals surface area contributed by atoms with Gasteiger partial charge in [-0.1, -0.05) is 0 Å². The molecule has 1 N–H and O–H groups in total. The molecule has 0 aliphatic carbocycles. The summed E-state index contributed by atoms with van der Waals surface area (Å²) in [6.45, 7) is 3.14. The van der Waals surface area contributed by atoms with Gasteiger partial charge in [0.25, 0.3) is 0 Å². The van der Waals surface area contributed by atoms with Gasteiger partial charge in [0.05, 0.1) is 12.7 Å². The van der Waals surface area contributed by atoms with E-state index in [2.05, 4.69) is 46.8 Å². The van der Waals surface area contributed by atoms with Gasteiger partial charge in [-0.15, -0.1) is 0 Å². The summed E-state index contributed by atoms with van der Waals surface area (Å²) in [5.41, 5.74) is 1.07. The van der Waals surface area contributed by atoms with Gasteiger partial charge in [-0.2, -0.15) is 0 Å². The average molecular weight is 364 g/mol. The van der Waals surface area contributed by atoms with Gasteiger partial charge in [-0.25, -0.2) is 19.9 Å². The van der Waals surface area contributed by atoms with Crippen molar-refractivity contribution >= 4 is 11.6 Å². The van der Waals surface area contributed by atoms with Gasteiger partial charge in [0.15, 0.2) is 0 Å². The Morgan fingerprint density at radius 2 is 1.93 bits per heavy atom. The number of hydrogen-bond acceptors (Lipinski definition) is 7. The normalized spacial score (nSPS) is 15.7. The minimum atomic E-state index is 0.655. The Kier molecular flexibility index (Phi) is 5.34. The lowest BCUT2D eigenvalue weighted by molar-refractivity contribution is 0.171. The standard InChI is InChI=1S/C19H24N8/c1-26-9-6-22-19(26)13-27-7-2-15(3-8-27)10-16-11-17(24-14-23-16)25-18-12-20-4-5-21-18/h4-6,9,11-12,14-15H,2-3,7-8,10,13H2,1H3,(H,21,23,24,25). The third-order valence-corrected chi connectivity index (χ3v) is 5.03. The third kappa shape index (κ3) is 4.65. The summed E-state index contributed by atoms with van der Waals surface area (Å²) in [5, 5.41) is 3.18. The molecule has 0 atom stereocenters. The molecular formula is C19H24N8. The zero-order valence-corrected chi connectivity index (χ0v) is 15.5. The van der Waals surface area contributed by atoms with E-state index in [0.717, 1.165) is 43.4 Å². The number of aromatic nitrogens is 6. The Hall–Kier alpha value is -2.87. The molecule has 3 aromatic rings. The molecule has 1 saturated heterocycles. The van der Waals surface area contributed by atoms with E-state index in [9.17, 15) is 0 Å². The first-order valence-corrected chi connectivity index (χ1v) is 9.29. The van der Waals surface area contributed by atoms with Crippen LogP contribution < -0.4 is 5.32 Å². The van der Waals surface area contributed by atoms with Crippen molar-refractivity contribution in [1.82, 2.24) is 34.4 Å². The van der Waals surface area contributed by atoms with Gasteiger partial charge in [-0.3, -0.25) is 9.88 Å². The van der Waals surface area contributed by atoms with Crippen molar-refractivity contribution in [3.05, 3.63) is 54.9 Å². The van der Waals surface area contributed by atoms with E-state index in [1.807, 2.05) is 18.5 Å². The van der Waals surface area contributed by atoms with Crippen molar-refractivity contribution in [1.29, 1.82) is 0 Å². The van der Waals surface area contributed by atoms with E-state index < -0.39 is 0 Å². The van der Waals surface area contributed by atoms with Crippen LogP contribution in [0.15, 0.2) is 43.4 Å². The highest BCUT2D eigenvalue weighted by atomic mass is 15.2. The number of aryl methyl sites for hydroxylation is 1. The van der Waals surface area contributed by atoms with E-state index in [1.54, 1.807) is 24.9 Å². The van der Waals surface area contributed by atoms with Crippen molar-refractivity contribution in [2.75, 3.05) is 18.4 Å². The maximum Gasteiger partial charge on any atom is 0.150 e. The van der Waals surface area contributed by atoms with Gasteiger partial charge >= 0.3 is 0 Å². The highest BCUT2D eigenvalue weighted by Crippen LogP contribution is 2.23. The second kappa shape index (κ2) is 8.22. The van der Waals surface area contributed by atoms with Gasteiger partial charge in [-0.05, 0) is 38.3 Å². The molecule has 0 radical (unpaired) electrons. The number of hydrogen-bond donors (Lipinski definition) is 1. The maximum absolute atomic E-state index is 4.45. The predicted octanol–water partition coefficient (Wildman–Crippen LogP) is 2.20. The summed E-state index contributed by atoms with van der Waals surface area (Å²) < 4.78 is 2.10. The first-order valence-electron chi connectivity index (χ1n) is 9.29. The molecule has 0 spiro atoms. The minimum Gasteiger partial charge on any atom is -0.337 e. The molecule has 3 aromatic heterocycles. The molecule has 4 heterocycles. The predicted molar refractivity (Wildman–Crippen MR) is 102 cm³/mol. The van der Waals surface area contributed by atoms with E-state index in [4.69, 9.17) is 0 Å². The SMILES string of the molecule is Cn1ccnc1CN1CCC(Cc2cc(Nc3cnccn3)ncn2)CC1. The number of anilines is 2. The second-order valence-electron chi connectivity index (χ2n) is 6.99. The van der Waals surface area contributed by atoms with Crippen LogP contribution in [0.3, 0.4) is 0 Å². The summed E-state index contributed by atoms with van der Waals surface area (Å²) in [7, 11) is 2.05. The van der Waals surface area contributed by atoms with Crippen molar-refractivity contribution in [3.8, 4) is 0 Å². The Balaban J connectivity index is 1.30. The molecule has 1 aliphatic heterocycles. The van der Waals surface area contributed by atoms with Crippen LogP contribution in [-0.2, 0) is 20.0 Å². The smallest absolute Gasteiger partial charge is 0.150 e. The van der Waals surface area contributed by atoms with E-state index in [1.165, 1.54) is 12.8 Å². The van der Waals surface area contributed by atoms with Crippen LogP contribution in [0.4, 0.5) is 11.6 Å². The number of piperidine rings is 1. The van der Waals surface area contributed by atoms with Gasteiger partial charge in [0.2, 0.25) is 0 Å². The van der Waals surface area contributed by atoms with E-state index >= 15 is 0 Å². The van der Waals surface area contributed by atoms with Gasteiger partial charge < -0.3 is 9.88 Å². The summed E-state index contributed by atoms with van der Waals surface area (Å²) >= 11 is 0. The molecule has 27 heavy (non-hydrogen) atoms.